The summed E-state index contributed by atoms with van der Waals surface area (Å²) in [6, 6.07) is 12.7. The van der Waals surface area contributed by atoms with E-state index in [1.807, 2.05) is 30.3 Å². The van der Waals surface area contributed by atoms with Crippen LogP contribution in [-0.2, 0) is 70.7 Å². The molecule has 3 heterocycles. The topological polar surface area (TPSA) is 240 Å². The lowest BCUT2D eigenvalue weighted by Crippen LogP contribution is -2.46. The van der Waals surface area contributed by atoms with Gasteiger partial charge in [-0.05, 0) is 171 Å². The number of aliphatic hydroxyl groups excluding tert-OH is 1. The summed E-state index contributed by atoms with van der Waals surface area (Å²) >= 11 is 0. The second kappa shape index (κ2) is 56.1. The van der Waals surface area contributed by atoms with Crippen LogP contribution in [-0.4, -0.2) is 176 Å². The molecule has 590 valence electrons. The van der Waals surface area contributed by atoms with E-state index in [1.54, 1.807) is 28.4 Å². The van der Waals surface area contributed by atoms with Gasteiger partial charge in [-0.25, -0.2) is 21.6 Å². The minimum absolute atomic E-state index is 0.0413. The molecule has 0 aromatic heterocycles. The number of carbonyl (C=O) groups excluding carboxylic acids is 4. The maximum absolute atomic E-state index is 12.0. The molecule has 25 atom stereocenters. The summed E-state index contributed by atoms with van der Waals surface area (Å²) in [4.78, 5) is 54.2. The number of hydroxylamine groups is 2. The highest BCUT2D eigenvalue weighted by molar-refractivity contribution is 9.29. The molecule has 3 aliphatic heterocycles. The van der Waals surface area contributed by atoms with E-state index in [0.717, 1.165) is 101 Å². The first kappa shape index (κ1) is 105. The van der Waals surface area contributed by atoms with Crippen molar-refractivity contribution in [3.8, 4) is 23.0 Å². The van der Waals surface area contributed by atoms with Crippen LogP contribution in [0, 0.1) is 0 Å². The molecule has 0 radical (unpaired) electrons. The van der Waals surface area contributed by atoms with E-state index in [4.69, 9.17) is 33.2 Å². The average molecular weight is 2010 g/mol. The van der Waals surface area contributed by atoms with Gasteiger partial charge in [0.1, 0.15) is 6.10 Å². The largest absolute Gasteiger partial charge is 0.493 e. The molecular weight excluding hydrogens is 1900 g/mol. The maximum atomic E-state index is 12.0. The van der Waals surface area contributed by atoms with E-state index in [0.29, 0.717) is 60.3 Å². The number of rotatable bonds is 33. The molecule has 0 bridgehead atoms. The predicted octanol–water partition coefficient (Wildman–Crippen LogP) is 20.7. The van der Waals surface area contributed by atoms with Crippen molar-refractivity contribution in [2.75, 3.05) is 79.3 Å². The van der Waals surface area contributed by atoms with Gasteiger partial charge in [0.05, 0.1) is 60.0 Å². The molecule has 3 saturated heterocycles. The monoisotopic (exact) mass is 2010 g/mol. The van der Waals surface area contributed by atoms with E-state index < -0.39 is 54.9 Å². The number of amides is 2. The Morgan fingerprint density at radius 3 is 1.26 bits per heavy atom. The number of hydrogen-bond donors (Lipinski definition) is 1. The number of aliphatic hydroxyl groups is 1. The number of ether oxygens (including phenoxy) is 7. The van der Waals surface area contributed by atoms with Gasteiger partial charge in [-0.2, -0.15) is 0 Å². The first-order valence-corrected chi connectivity index (χ1v) is 86.1. The van der Waals surface area contributed by atoms with Gasteiger partial charge in [0, 0.05) is 61.9 Å². The zero-order valence-corrected chi connectivity index (χ0v) is 90.1. The summed E-state index contributed by atoms with van der Waals surface area (Å²) in [5.41, 5.74) is 2.32. The standard InChI is InChI=1S/C24H35NO7S.C20H31NO4.C8H9NO6S.H17P15.H16P14/c1-4-33(27,28)17-24(26)32-19-11-13-25(16-19)20-7-5-6-8-21(20)31-14-12-18-9-10-22(29-2)23(15-18)30-3;1-23-19-8-7-15(13-20(19)24-2)10-12-25-18-6-4-3-5-17(18)21-11-9-16(22)14-21;1-2-16(13,14)5-8(12)15-9-6(10)3-4-7(9)11;1-9-13(8)15(12(6)7)14(10(2)3)11(4)5;1-9(2)13(10(3)4)14(11(5)6)12(7)8/h4,9-10,15,19-21H,1,5-8,11-14,16-17H2,2-3H3;7-8,13,16-18,22H,3-6,9-12,14H2,1-2H3;2H,1,3-5H2;9H,1-8H2;1-8H2/t19-,20-,21-;16-,17-,18-;;;/m11.../s1. The van der Waals surface area contributed by atoms with Gasteiger partial charge in [-0.3, -0.25) is 24.2 Å². The zero-order valence-electron chi connectivity index (χ0n) is 58.3. The van der Waals surface area contributed by atoms with Gasteiger partial charge in [0.25, 0.3) is 11.8 Å². The number of hydrogen-bond acceptors (Lipinski definition) is 19. The highest BCUT2D eigenvalue weighted by Gasteiger charge is 2.40. The molecule has 103 heavy (non-hydrogen) atoms. The molecule has 5 aliphatic rings. The minimum atomic E-state index is -3.76. The van der Waals surface area contributed by atoms with Gasteiger partial charge in [0.2, 0.25) is 0 Å². The molecule has 0 spiro atoms. The third kappa shape index (κ3) is 38.8. The van der Waals surface area contributed by atoms with Crippen LogP contribution < -0.4 is 18.9 Å². The van der Waals surface area contributed by atoms with E-state index in [9.17, 15) is 41.1 Å². The van der Waals surface area contributed by atoms with E-state index in [2.05, 4.69) is 177 Å². The molecule has 20 nitrogen and oxygen atoms in total. The summed E-state index contributed by atoms with van der Waals surface area (Å²) < 4.78 is 84.3. The van der Waals surface area contributed by atoms with Gasteiger partial charge in [0.15, 0.2) is 54.2 Å². The Labute approximate surface area is 666 Å². The molecule has 7 rings (SSSR count). The van der Waals surface area contributed by atoms with Gasteiger partial charge in [-0.1, -0.05) is 58.9 Å². The Balaban J connectivity index is 0.000000350. The van der Waals surface area contributed by atoms with Crippen molar-refractivity contribution < 1.29 is 79.1 Å². The first-order valence-electron chi connectivity index (χ1n) is 31.6. The van der Waals surface area contributed by atoms with Crippen LogP contribution >= 0.6 is 235 Å². The Morgan fingerprint density at radius 1 is 0.534 bits per heavy atom. The molecule has 2 aromatic rings. The lowest BCUT2D eigenvalue weighted by molar-refractivity contribution is -0.195. The number of carbonyl (C=O) groups is 4. The number of esters is 1. The fourth-order valence-electron chi connectivity index (χ4n) is 11.0. The molecular formula is C52H108N3O17P29S2. The number of imide groups is 1. The Kier molecular flexibility index (Phi) is 56.9. The van der Waals surface area contributed by atoms with Crippen molar-refractivity contribution in [3.63, 3.8) is 0 Å². The smallest absolute Gasteiger partial charge is 0.348 e. The van der Waals surface area contributed by atoms with Crippen LogP contribution in [0.1, 0.15) is 88.2 Å². The maximum Gasteiger partial charge on any atom is 0.348 e. The van der Waals surface area contributed by atoms with E-state index >= 15 is 0 Å². The van der Waals surface area contributed by atoms with Gasteiger partial charge in [-0.15, -0.1) is 148 Å². The first-order chi connectivity index (χ1) is 48.5. The summed E-state index contributed by atoms with van der Waals surface area (Å²) in [7, 11) is 49.2. The molecule has 5 fully saturated rings. The number of sulfone groups is 2. The quantitative estimate of drug-likeness (QED) is 0.0397. The van der Waals surface area contributed by atoms with Crippen molar-refractivity contribution in [1.29, 1.82) is 0 Å². The Hall–Kier alpha value is 7.37. The average Bonchev–Trinajstić information content (AvgIpc) is 1.78. The third-order valence-corrected chi connectivity index (χ3v) is 185. The molecule has 2 saturated carbocycles. The number of β-amino-alcohol motifs (C(OH)–C–C–N with tert-alkyl or cyclic N) is 1. The summed E-state index contributed by atoms with van der Waals surface area (Å²) in [6.07, 6.45) is 12.3. The molecule has 19 unspecified atom stereocenters. The number of benzene rings is 2. The van der Waals surface area contributed by atoms with E-state index in [-0.39, 0.29) is 121 Å². The van der Waals surface area contributed by atoms with Crippen molar-refractivity contribution in [3.05, 3.63) is 71.5 Å². The third-order valence-electron chi connectivity index (χ3n) is 15.7. The number of methoxy groups -OCH3 is 4. The summed E-state index contributed by atoms with van der Waals surface area (Å²) in [5.74, 6) is -1.88. The van der Waals surface area contributed by atoms with Crippen LogP contribution in [0.3, 0.4) is 0 Å². The lowest BCUT2D eigenvalue weighted by Gasteiger charge is -2.38. The summed E-state index contributed by atoms with van der Waals surface area (Å²) in [5, 5.41) is 11.5. The zero-order chi connectivity index (χ0) is 77.5. The van der Waals surface area contributed by atoms with Crippen molar-refractivity contribution in [2.24, 2.45) is 0 Å². The second-order valence-electron chi connectivity index (χ2n) is 22.9. The minimum Gasteiger partial charge on any atom is -0.493 e. The van der Waals surface area contributed by atoms with Gasteiger partial charge < -0.3 is 43.1 Å². The second-order valence-corrected chi connectivity index (χ2v) is 136. The van der Waals surface area contributed by atoms with Crippen LogP contribution in [0.4, 0.5) is 0 Å². The van der Waals surface area contributed by atoms with Crippen molar-refractivity contribution in [1.82, 2.24) is 14.9 Å². The summed E-state index contributed by atoms with van der Waals surface area (Å²) in [6.45, 7) is 12.4. The van der Waals surface area contributed by atoms with Crippen LogP contribution in [0.5, 0.6) is 23.0 Å². The normalized spacial score (nSPS) is 21.2. The highest BCUT2D eigenvalue weighted by atomic mass is 33.3. The number of likely N-dealkylation sites (tertiary alicyclic amines) is 2. The fraction of sp³-hybridized carbons (Fsp3) is 0.615. The molecule has 2 amide bonds. The molecule has 2 aromatic carbocycles. The Morgan fingerprint density at radius 2 is 0.903 bits per heavy atom. The van der Waals surface area contributed by atoms with Gasteiger partial charge >= 0.3 is 11.9 Å². The molecule has 51 heteroatoms. The Bertz CT molecular complexity index is 3120. The van der Waals surface area contributed by atoms with Crippen LogP contribution in [0.2, 0.25) is 0 Å². The van der Waals surface area contributed by atoms with Crippen LogP contribution in [0.15, 0.2) is 60.4 Å². The molecule has 2 aliphatic carbocycles. The molecule has 1 N–H and O–H groups in total. The lowest BCUT2D eigenvalue weighted by atomic mass is 9.91. The highest BCUT2D eigenvalue weighted by Crippen LogP contribution is 3.23. The fourth-order valence-corrected chi connectivity index (χ4v) is 315. The SMILES string of the molecule is C=CS(=O)(=O)CC(=O)ON1C(=O)CCC1=O.C=CS(=O)(=O)CC(=O)O[C@@H]1CCN([C@@H]2CCCC[C@H]2OCCc2ccc(OC)c(OC)c2)C1.COc1ccc(CCO[C@@H]2CCCC[C@H]2N2CC[C@@H](O)C2)cc1OC.PP(P)P(P(P)P)P(P(P)P)P(P)P.PPP(P)P(P(P)P)P(P(P)P)P(P)P. The number of nitrogens with zero attached hydrogens (tertiary/aromatic N) is 3. The van der Waals surface area contributed by atoms with E-state index in [1.165, 1.54) is 24.8 Å². The van der Waals surface area contributed by atoms with Crippen LogP contribution in [0.25, 0.3) is 0 Å². The van der Waals surface area contributed by atoms with Crippen molar-refractivity contribution in [2.45, 2.75) is 126 Å². The predicted molar refractivity (Wildman–Crippen MR) is 521 cm³/mol. The van der Waals surface area contributed by atoms with Crippen molar-refractivity contribution >= 4 is 278 Å².